The zero-order valence-corrected chi connectivity index (χ0v) is 12.1. The number of nitrogens with zero attached hydrogens (tertiary/aromatic N) is 1. The number of non-ortho nitro benzene ring substituents is 1. The van der Waals surface area contributed by atoms with Crippen LogP contribution < -0.4 is 14.8 Å². The van der Waals surface area contributed by atoms with E-state index in [0.717, 1.165) is 0 Å². The molecule has 0 aromatic heterocycles. The molecule has 0 bridgehead atoms. The summed E-state index contributed by atoms with van der Waals surface area (Å²) >= 11 is 0. The number of carbonyl (C=O) groups excluding carboxylic acids is 1. The number of hydrogen-bond acceptors (Lipinski definition) is 5. The SMILES string of the molecule is O=C(NCC1COc2ccccc2O1)c1cccc([N+](=O)[O-])c1. The van der Waals surface area contributed by atoms with Crippen LogP contribution in [0.25, 0.3) is 0 Å². The van der Waals surface area contributed by atoms with E-state index < -0.39 is 10.8 Å². The third-order valence-corrected chi connectivity index (χ3v) is 3.38. The lowest BCUT2D eigenvalue weighted by molar-refractivity contribution is -0.384. The highest BCUT2D eigenvalue weighted by atomic mass is 16.6. The lowest BCUT2D eigenvalue weighted by Gasteiger charge is -2.26. The van der Waals surface area contributed by atoms with Gasteiger partial charge in [0.25, 0.3) is 11.6 Å². The summed E-state index contributed by atoms with van der Waals surface area (Å²) in [6, 6.07) is 12.9. The van der Waals surface area contributed by atoms with Gasteiger partial charge < -0.3 is 14.8 Å². The average Bonchev–Trinajstić information content (AvgIpc) is 2.59. The van der Waals surface area contributed by atoms with Crippen molar-refractivity contribution in [2.75, 3.05) is 13.2 Å². The molecule has 3 rings (SSSR count). The molecule has 0 fully saturated rings. The minimum absolute atomic E-state index is 0.121. The molecule has 118 valence electrons. The molecule has 7 heteroatoms. The van der Waals surface area contributed by atoms with Gasteiger partial charge in [-0.1, -0.05) is 18.2 Å². The van der Waals surface area contributed by atoms with Crippen molar-refractivity contribution >= 4 is 11.6 Å². The van der Waals surface area contributed by atoms with Crippen LogP contribution in [0.2, 0.25) is 0 Å². The summed E-state index contributed by atoms with van der Waals surface area (Å²) < 4.78 is 11.3. The van der Waals surface area contributed by atoms with E-state index >= 15 is 0 Å². The van der Waals surface area contributed by atoms with Gasteiger partial charge in [-0.3, -0.25) is 14.9 Å². The summed E-state index contributed by atoms with van der Waals surface area (Å²) in [4.78, 5) is 22.3. The fourth-order valence-electron chi connectivity index (χ4n) is 2.23. The molecule has 1 unspecified atom stereocenters. The van der Waals surface area contributed by atoms with Gasteiger partial charge in [-0.2, -0.15) is 0 Å². The van der Waals surface area contributed by atoms with Crippen LogP contribution in [0.5, 0.6) is 11.5 Å². The van der Waals surface area contributed by atoms with Gasteiger partial charge in [0.05, 0.1) is 11.5 Å². The number of rotatable bonds is 4. The number of para-hydroxylation sites is 2. The molecule has 0 saturated heterocycles. The Morgan fingerprint density at radius 3 is 2.78 bits per heavy atom. The van der Waals surface area contributed by atoms with Crippen molar-refractivity contribution in [3.8, 4) is 11.5 Å². The Bertz CT molecular complexity index is 747. The molecule has 1 N–H and O–H groups in total. The van der Waals surface area contributed by atoms with Crippen LogP contribution in [0, 0.1) is 10.1 Å². The third kappa shape index (κ3) is 3.39. The Morgan fingerprint density at radius 2 is 2.00 bits per heavy atom. The fourth-order valence-corrected chi connectivity index (χ4v) is 2.23. The second-order valence-corrected chi connectivity index (χ2v) is 5.02. The van der Waals surface area contributed by atoms with Gasteiger partial charge >= 0.3 is 0 Å². The molecule has 23 heavy (non-hydrogen) atoms. The molecule has 2 aromatic carbocycles. The van der Waals surface area contributed by atoms with Crippen molar-refractivity contribution in [1.29, 1.82) is 0 Å². The second kappa shape index (κ2) is 6.35. The van der Waals surface area contributed by atoms with Crippen molar-refractivity contribution in [2.24, 2.45) is 0 Å². The van der Waals surface area contributed by atoms with Gasteiger partial charge in [0, 0.05) is 17.7 Å². The van der Waals surface area contributed by atoms with Crippen LogP contribution in [0.3, 0.4) is 0 Å². The molecule has 7 nitrogen and oxygen atoms in total. The normalized spacial score (nSPS) is 15.7. The van der Waals surface area contributed by atoms with Gasteiger partial charge in [0.2, 0.25) is 0 Å². The molecular weight excluding hydrogens is 300 g/mol. The molecule has 1 aliphatic heterocycles. The Labute approximate surface area is 132 Å². The maximum absolute atomic E-state index is 12.1. The molecule has 1 heterocycles. The maximum atomic E-state index is 12.1. The smallest absolute Gasteiger partial charge is 0.270 e. The minimum atomic E-state index is -0.536. The van der Waals surface area contributed by atoms with Crippen LogP contribution in [-0.4, -0.2) is 30.1 Å². The predicted molar refractivity (Wildman–Crippen MR) is 81.8 cm³/mol. The molecule has 0 spiro atoms. The number of nitrogens with one attached hydrogen (secondary N) is 1. The first kappa shape index (κ1) is 14.8. The van der Waals surface area contributed by atoms with Crippen molar-refractivity contribution in [3.05, 3.63) is 64.2 Å². The highest BCUT2D eigenvalue weighted by Gasteiger charge is 2.21. The first-order chi connectivity index (χ1) is 11.1. The number of fused-ring (bicyclic) bond motifs is 1. The number of amides is 1. The number of hydrogen-bond donors (Lipinski definition) is 1. The highest BCUT2D eigenvalue weighted by Crippen LogP contribution is 2.30. The van der Waals surface area contributed by atoms with E-state index in [9.17, 15) is 14.9 Å². The second-order valence-electron chi connectivity index (χ2n) is 5.02. The summed E-state index contributed by atoms with van der Waals surface area (Å²) in [6.45, 7) is 0.572. The molecular formula is C16H14N2O5. The summed E-state index contributed by atoms with van der Waals surface area (Å²) in [5.41, 5.74) is 0.111. The zero-order chi connectivity index (χ0) is 16.2. The van der Waals surface area contributed by atoms with Gasteiger partial charge in [0.15, 0.2) is 11.5 Å². The molecule has 2 aromatic rings. The quantitative estimate of drug-likeness (QED) is 0.690. The molecule has 1 amide bonds. The van der Waals surface area contributed by atoms with Crippen molar-refractivity contribution in [3.63, 3.8) is 0 Å². The van der Waals surface area contributed by atoms with Crippen LogP contribution in [-0.2, 0) is 0 Å². The minimum Gasteiger partial charge on any atom is -0.486 e. The largest absolute Gasteiger partial charge is 0.486 e. The van der Waals surface area contributed by atoms with E-state index in [1.165, 1.54) is 24.3 Å². The Kier molecular flexibility index (Phi) is 4.09. The summed E-state index contributed by atoms with van der Waals surface area (Å²) in [7, 11) is 0. The molecule has 1 aliphatic rings. The van der Waals surface area contributed by atoms with Gasteiger partial charge in [-0.15, -0.1) is 0 Å². The van der Waals surface area contributed by atoms with Crippen LogP contribution in [0.1, 0.15) is 10.4 Å². The maximum Gasteiger partial charge on any atom is 0.270 e. The monoisotopic (exact) mass is 314 g/mol. The van der Waals surface area contributed by atoms with E-state index in [4.69, 9.17) is 9.47 Å². The summed E-state index contributed by atoms with van der Waals surface area (Å²) in [6.07, 6.45) is -0.312. The van der Waals surface area contributed by atoms with Crippen LogP contribution in [0.4, 0.5) is 5.69 Å². The first-order valence-corrected chi connectivity index (χ1v) is 7.04. The number of ether oxygens (including phenoxy) is 2. The molecule has 0 saturated carbocycles. The van der Waals surface area contributed by atoms with Gasteiger partial charge in [-0.25, -0.2) is 0 Å². The highest BCUT2D eigenvalue weighted by molar-refractivity contribution is 5.94. The van der Waals surface area contributed by atoms with Crippen molar-refractivity contribution < 1.29 is 19.2 Å². The van der Waals surface area contributed by atoms with E-state index in [1.54, 1.807) is 6.07 Å². The number of nitro benzene ring substituents is 1. The van der Waals surface area contributed by atoms with Crippen LogP contribution >= 0.6 is 0 Å². The number of carbonyl (C=O) groups is 1. The fraction of sp³-hybridized carbons (Fsp3) is 0.188. The number of benzene rings is 2. The predicted octanol–water partition coefficient (Wildman–Crippen LogP) is 2.16. The van der Waals surface area contributed by atoms with E-state index in [0.29, 0.717) is 18.1 Å². The van der Waals surface area contributed by atoms with Crippen LogP contribution in [0.15, 0.2) is 48.5 Å². The van der Waals surface area contributed by atoms with Crippen molar-refractivity contribution in [1.82, 2.24) is 5.32 Å². The van der Waals surface area contributed by atoms with Crippen molar-refractivity contribution in [2.45, 2.75) is 6.10 Å². The van der Waals surface area contributed by atoms with E-state index in [-0.39, 0.29) is 23.9 Å². The lowest BCUT2D eigenvalue weighted by atomic mass is 10.2. The zero-order valence-electron chi connectivity index (χ0n) is 12.1. The third-order valence-electron chi connectivity index (χ3n) is 3.38. The average molecular weight is 314 g/mol. The molecule has 0 radical (unpaired) electrons. The standard InChI is InChI=1S/C16H14N2O5/c19-16(11-4-3-5-12(8-11)18(20)21)17-9-13-10-22-14-6-1-2-7-15(14)23-13/h1-8,13H,9-10H2,(H,17,19). The van der Waals surface area contributed by atoms with Gasteiger partial charge in [-0.05, 0) is 18.2 Å². The Hall–Kier alpha value is -3.09. The lowest BCUT2D eigenvalue weighted by Crippen LogP contribution is -2.40. The number of nitro groups is 1. The Balaban J connectivity index is 1.60. The van der Waals surface area contributed by atoms with Gasteiger partial charge in [0.1, 0.15) is 12.7 Å². The summed E-state index contributed by atoms with van der Waals surface area (Å²) in [5.74, 6) is 0.915. The topological polar surface area (TPSA) is 90.7 Å². The van der Waals surface area contributed by atoms with E-state index in [2.05, 4.69) is 5.32 Å². The molecule has 1 atom stereocenters. The molecule has 0 aliphatic carbocycles. The van der Waals surface area contributed by atoms with E-state index in [1.807, 2.05) is 18.2 Å². The first-order valence-electron chi connectivity index (χ1n) is 7.04. The Morgan fingerprint density at radius 1 is 1.22 bits per heavy atom. The summed E-state index contributed by atoms with van der Waals surface area (Å²) in [5, 5.41) is 13.4.